The highest BCUT2D eigenvalue weighted by Gasteiger charge is 2.24. The van der Waals surface area contributed by atoms with Crippen molar-refractivity contribution in [2.45, 2.75) is 37.6 Å². The Labute approximate surface area is 122 Å². The molecule has 0 aliphatic carbocycles. The predicted molar refractivity (Wildman–Crippen MR) is 81.7 cm³/mol. The molecule has 1 rings (SSSR count). The third-order valence-corrected chi connectivity index (χ3v) is 5.18. The van der Waals surface area contributed by atoms with Gasteiger partial charge in [0.2, 0.25) is 10.0 Å². The molecule has 0 heterocycles. The Balaban J connectivity index is 2.98. The lowest BCUT2D eigenvalue weighted by Crippen LogP contribution is -2.34. The van der Waals surface area contributed by atoms with Crippen LogP contribution in [0.5, 0.6) is 0 Å². The maximum atomic E-state index is 12.4. The number of rotatable bonds is 5. The number of nitrogens with zero attached hydrogens (tertiary/aromatic N) is 1. The molecule has 110 valence electrons. The zero-order chi connectivity index (χ0) is 15.2. The Kier molecular flexibility index (Phi) is 6.21. The van der Waals surface area contributed by atoms with E-state index < -0.39 is 10.0 Å². The largest absolute Gasteiger partial charge is 0.320 e. The van der Waals surface area contributed by atoms with E-state index in [2.05, 4.69) is 11.8 Å². The second-order valence-corrected chi connectivity index (χ2v) is 6.69. The van der Waals surface area contributed by atoms with E-state index in [4.69, 9.17) is 5.73 Å². The fourth-order valence-corrected chi connectivity index (χ4v) is 3.26. The van der Waals surface area contributed by atoms with E-state index in [1.165, 1.54) is 4.31 Å². The number of nitrogens with two attached hydrogens (primary N) is 1. The van der Waals surface area contributed by atoms with Crippen molar-refractivity contribution >= 4 is 10.0 Å². The van der Waals surface area contributed by atoms with Crippen LogP contribution in [0, 0.1) is 11.8 Å². The van der Waals surface area contributed by atoms with Crippen molar-refractivity contribution in [3.8, 4) is 11.8 Å². The van der Waals surface area contributed by atoms with Crippen LogP contribution >= 0.6 is 0 Å². The SMILES string of the molecule is CCCC(C)N(C)S(=O)(=O)c1ccc(C#CCN)cc1. The first-order valence-electron chi connectivity index (χ1n) is 6.70. The summed E-state index contributed by atoms with van der Waals surface area (Å²) in [5, 5.41) is 0. The van der Waals surface area contributed by atoms with Gasteiger partial charge in [0.05, 0.1) is 11.4 Å². The summed E-state index contributed by atoms with van der Waals surface area (Å²) in [7, 11) is -1.81. The highest BCUT2D eigenvalue weighted by molar-refractivity contribution is 7.89. The van der Waals surface area contributed by atoms with Gasteiger partial charge in [-0.2, -0.15) is 4.31 Å². The molecule has 4 nitrogen and oxygen atoms in total. The summed E-state index contributed by atoms with van der Waals surface area (Å²) in [6, 6.07) is 6.57. The van der Waals surface area contributed by atoms with Crippen LogP contribution in [-0.2, 0) is 10.0 Å². The molecular weight excluding hydrogens is 272 g/mol. The van der Waals surface area contributed by atoms with Gasteiger partial charge in [0, 0.05) is 18.7 Å². The van der Waals surface area contributed by atoms with Gasteiger partial charge in [-0.15, -0.1) is 0 Å². The minimum Gasteiger partial charge on any atom is -0.320 e. The van der Waals surface area contributed by atoms with Gasteiger partial charge in [-0.05, 0) is 37.6 Å². The molecule has 20 heavy (non-hydrogen) atoms. The fourth-order valence-electron chi connectivity index (χ4n) is 1.87. The molecule has 1 aromatic rings. The lowest BCUT2D eigenvalue weighted by molar-refractivity contribution is 0.369. The van der Waals surface area contributed by atoms with E-state index in [0.717, 1.165) is 18.4 Å². The minimum absolute atomic E-state index is 0.0123. The molecule has 0 amide bonds. The molecule has 0 aliphatic rings. The zero-order valence-electron chi connectivity index (χ0n) is 12.3. The van der Waals surface area contributed by atoms with Gasteiger partial charge in [-0.25, -0.2) is 8.42 Å². The summed E-state index contributed by atoms with van der Waals surface area (Å²) in [5.74, 6) is 5.61. The molecule has 5 heteroatoms. The second kappa shape index (κ2) is 7.44. The highest BCUT2D eigenvalue weighted by Crippen LogP contribution is 2.18. The highest BCUT2D eigenvalue weighted by atomic mass is 32.2. The lowest BCUT2D eigenvalue weighted by Gasteiger charge is -2.23. The van der Waals surface area contributed by atoms with Gasteiger partial charge >= 0.3 is 0 Å². The first-order chi connectivity index (χ1) is 9.43. The van der Waals surface area contributed by atoms with Gasteiger partial charge in [-0.1, -0.05) is 25.2 Å². The Morgan fingerprint density at radius 2 is 1.90 bits per heavy atom. The fraction of sp³-hybridized carbons (Fsp3) is 0.467. The smallest absolute Gasteiger partial charge is 0.243 e. The first kappa shape index (κ1) is 16.7. The van der Waals surface area contributed by atoms with E-state index in [-0.39, 0.29) is 12.6 Å². The lowest BCUT2D eigenvalue weighted by atomic mass is 10.2. The monoisotopic (exact) mass is 294 g/mol. The molecule has 2 N–H and O–H groups in total. The molecule has 0 aliphatic heterocycles. The van der Waals surface area contributed by atoms with Crippen LogP contribution in [0.1, 0.15) is 32.3 Å². The third-order valence-electron chi connectivity index (χ3n) is 3.19. The van der Waals surface area contributed by atoms with E-state index in [1.54, 1.807) is 31.3 Å². The second-order valence-electron chi connectivity index (χ2n) is 4.69. The Bertz CT molecular complexity index is 583. The Hall–Kier alpha value is -1.35. The molecule has 1 atom stereocenters. The van der Waals surface area contributed by atoms with Crippen LogP contribution in [0.4, 0.5) is 0 Å². The Morgan fingerprint density at radius 1 is 1.30 bits per heavy atom. The summed E-state index contributed by atoms with van der Waals surface area (Å²) in [5.41, 5.74) is 6.06. The average Bonchev–Trinajstić information content (AvgIpc) is 2.45. The van der Waals surface area contributed by atoms with Gasteiger partial charge < -0.3 is 5.73 Å². The summed E-state index contributed by atoms with van der Waals surface area (Å²) in [4.78, 5) is 0.293. The van der Waals surface area contributed by atoms with Crippen molar-refractivity contribution < 1.29 is 8.42 Å². The van der Waals surface area contributed by atoms with Gasteiger partial charge in [0.15, 0.2) is 0 Å². The van der Waals surface area contributed by atoms with E-state index in [1.807, 2.05) is 13.8 Å². The molecular formula is C15H22N2O2S. The van der Waals surface area contributed by atoms with Gasteiger partial charge in [-0.3, -0.25) is 0 Å². The number of hydrogen-bond acceptors (Lipinski definition) is 3. The van der Waals surface area contributed by atoms with Crippen LogP contribution in [-0.4, -0.2) is 32.4 Å². The van der Waals surface area contributed by atoms with E-state index >= 15 is 0 Å². The molecule has 0 spiro atoms. The number of hydrogen-bond donors (Lipinski definition) is 1. The van der Waals surface area contributed by atoms with Crippen LogP contribution < -0.4 is 5.73 Å². The number of benzene rings is 1. The van der Waals surface area contributed by atoms with Crippen molar-refractivity contribution in [1.29, 1.82) is 0 Å². The van der Waals surface area contributed by atoms with Gasteiger partial charge in [0.25, 0.3) is 0 Å². The van der Waals surface area contributed by atoms with Crippen LogP contribution in [0.15, 0.2) is 29.2 Å². The molecule has 0 fully saturated rings. The van der Waals surface area contributed by atoms with E-state index in [0.29, 0.717) is 4.90 Å². The molecule has 0 aromatic heterocycles. The topological polar surface area (TPSA) is 63.4 Å². The van der Waals surface area contributed by atoms with Crippen molar-refractivity contribution in [3.05, 3.63) is 29.8 Å². The molecule has 0 bridgehead atoms. The minimum atomic E-state index is -3.44. The summed E-state index contributed by atoms with van der Waals surface area (Å²) < 4.78 is 26.3. The van der Waals surface area contributed by atoms with Crippen LogP contribution in [0.25, 0.3) is 0 Å². The zero-order valence-corrected chi connectivity index (χ0v) is 13.1. The molecule has 1 aromatic carbocycles. The molecule has 0 saturated heterocycles. The quantitative estimate of drug-likeness (QED) is 0.842. The number of sulfonamides is 1. The molecule has 1 unspecified atom stereocenters. The van der Waals surface area contributed by atoms with Crippen molar-refractivity contribution in [2.75, 3.05) is 13.6 Å². The molecule has 0 radical (unpaired) electrons. The first-order valence-corrected chi connectivity index (χ1v) is 8.14. The summed E-state index contributed by atoms with van der Waals surface area (Å²) in [6.45, 7) is 4.25. The maximum absolute atomic E-state index is 12.4. The average molecular weight is 294 g/mol. The van der Waals surface area contributed by atoms with Crippen molar-refractivity contribution in [3.63, 3.8) is 0 Å². The predicted octanol–water partition coefficient (Wildman–Crippen LogP) is 1.81. The van der Waals surface area contributed by atoms with E-state index in [9.17, 15) is 8.42 Å². The maximum Gasteiger partial charge on any atom is 0.243 e. The Morgan fingerprint density at radius 3 is 2.40 bits per heavy atom. The van der Waals surface area contributed by atoms with Crippen molar-refractivity contribution in [1.82, 2.24) is 4.31 Å². The van der Waals surface area contributed by atoms with Crippen LogP contribution in [0.2, 0.25) is 0 Å². The van der Waals surface area contributed by atoms with Crippen LogP contribution in [0.3, 0.4) is 0 Å². The standard InChI is InChI=1S/C15H22N2O2S/c1-4-6-13(2)17(3)20(18,19)15-10-8-14(9-11-15)7-5-12-16/h8-11,13H,4,6,12,16H2,1-3H3. The molecule has 0 saturated carbocycles. The summed E-state index contributed by atoms with van der Waals surface area (Å²) >= 11 is 0. The normalized spacial score (nSPS) is 12.8. The van der Waals surface area contributed by atoms with Gasteiger partial charge in [0.1, 0.15) is 0 Å². The van der Waals surface area contributed by atoms with Crippen molar-refractivity contribution in [2.24, 2.45) is 5.73 Å². The summed E-state index contributed by atoms with van der Waals surface area (Å²) in [6.07, 6.45) is 1.80. The third kappa shape index (κ3) is 4.07.